The van der Waals surface area contributed by atoms with E-state index >= 15 is 0 Å². The van der Waals surface area contributed by atoms with E-state index in [0.29, 0.717) is 17.2 Å². The Morgan fingerprint density at radius 1 is 0.889 bits per heavy atom. The lowest BCUT2D eigenvalue weighted by Crippen LogP contribution is -2.26. The van der Waals surface area contributed by atoms with Gasteiger partial charge in [-0.2, -0.15) is 13.2 Å². The van der Waals surface area contributed by atoms with Gasteiger partial charge in [0, 0.05) is 12.1 Å². The fourth-order valence-electron chi connectivity index (χ4n) is 3.05. The third-order valence-electron chi connectivity index (χ3n) is 5.04. The molecule has 0 bridgehead atoms. The molecule has 1 N–H and O–H groups in total. The number of hydrogen-bond donors (Lipinski definition) is 1. The maximum atomic E-state index is 14.1. The fraction of sp³-hybridized carbons (Fsp3) is 0.368. The van der Waals surface area contributed by atoms with Crippen LogP contribution in [-0.2, 0) is 22.7 Å². The molecule has 2 aromatic carbocycles. The molecule has 0 amide bonds. The Morgan fingerprint density at radius 3 is 1.85 bits per heavy atom. The molecule has 0 fully saturated rings. The maximum absolute atomic E-state index is 14.1. The zero-order valence-electron chi connectivity index (χ0n) is 15.7. The highest BCUT2D eigenvalue weighted by Gasteiger charge is 2.35. The molecule has 2 aromatic rings. The third-order valence-corrected chi connectivity index (χ3v) is 6.71. The van der Waals surface area contributed by atoms with Crippen LogP contribution in [0.5, 0.6) is 0 Å². The van der Waals surface area contributed by atoms with E-state index in [4.69, 9.17) is 0 Å². The molecule has 0 unspecified atom stereocenters. The van der Waals surface area contributed by atoms with Crippen LogP contribution in [0.3, 0.4) is 0 Å². The predicted molar refractivity (Wildman–Crippen MR) is 95.6 cm³/mol. The monoisotopic (exact) mass is 403 g/mol. The molecule has 0 aliphatic heterocycles. The van der Waals surface area contributed by atoms with E-state index in [2.05, 4.69) is 4.72 Å². The summed E-state index contributed by atoms with van der Waals surface area (Å²) in [5.41, 5.74) is 1.96. The minimum atomic E-state index is -4.85. The van der Waals surface area contributed by atoms with Gasteiger partial charge in [0.1, 0.15) is 5.82 Å². The smallest absolute Gasteiger partial charge is 0.207 e. The van der Waals surface area contributed by atoms with Crippen LogP contribution in [0.1, 0.15) is 38.9 Å². The van der Waals surface area contributed by atoms with Crippen LogP contribution in [0.15, 0.2) is 23.1 Å². The first-order chi connectivity index (χ1) is 12.3. The Kier molecular flexibility index (Phi) is 5.73. The zero-order chi connectivity index (χ0) is 20.7. The third kappa shape index (κ3) is 4.01. The van der Waals surface area contributed by atoms with Gasteiger partial charge in [-0.25, -0.2) is 17.5 Å². The van der Waals surface area contributed by atoms with Gasteiger partial charge in [0.05, 0.1) is 10.5 Å². The van der Waals surface area contributed by atoms with Gasteiger partial charge in [0.25, 0.3) is 0 Å². The molecular formula is C19H21F4NO2S. The lowest BCUT2D eigenvalue weighted by atomic mass is 9.95. The number of nitrogens with one attached hydrogen (secondary N) is 1. The van der Waals surface area contributed by atoms with Gasteiger partial charge in [-0.3, -0.25) is 0 Å². The average molecular weight is 403 g/mol. The normalized spacial score (nSPS) is 12.5. The van der Waals surface area contributed by atoms with Crippen molar-refractivity contribution in [3.05, 3.63) is 63.0 Å². The molecule has 148 valence electrons. The van der Waals surface area contributed by atoms with Crippen molar-refractivity contribution in [1.29, 1.82) is 0 Å². The van der Waals surface area contributed by atoms with Gasteiger partial charge in [0.15, 0.2) is 0 Å². The second-order valence-corrected chi connectivity index (χ2v) is 8.26. The molecule has 2 rings (SSSR count). The van der Waals surface area contributed by atoms with E-state index in [0.717, 1.165) is 28.8 Å². The highest BCUT2D eigenvalue weighted by atomic mass is 32.2. The van der Waals surface area contributed by atoms with Crippen LogP contribution in [0.4, 0.5) is 17.6 Å². The van der Waals surface area contributed by atoms with Crippen molar-refractivity contribution in [3.63, 3.8) is 0 Å². The largest absolute Gasteiger partial charge is 0.419 e. The first-order valence-corrected chi connectivity index (χ1v) is 9.68. The van der Waals surface area contributed by atoms with Gasteiger partial charge < -0.3 is 0 Å². The van der Waals surface area contributed by atoms with Crippen molar-refractivity contribution in [2.75, 3.05) is 0 Å². The number of sulfonamides is 1. The zero-order valence-corrected chi connectivity index (χ0v) is 16.5. The van der Waals surface area contributed by atoms with Gasteiger partial charge in [-0.15, -0.1) is 0 Å². The summed E-state index contributed by atoms with van der Waals surface area (Å²) in [4.78, 5) is 0.0792. The summed E-state index contributed by atoms with van der Waals surface area (Å²) in [6.45, 7) is 8.28. The number of halogens is 4. The molecule has 0 saturated carbocycles. The predicted octanol–water partition coefficient (Wildman–Crippen LogP) is 4.87. The highest BCUT2D eigenvalue weighted by molar-refractivity contribution is 7.89. The molecule has 0 atom stereocenters. The summed E-state index contributed by atoms with van der Waals surface area (Å²) < 4.78 is 80.4. The second-order valence-electron chi connectivity index (χ2n) is 6.56. The van der Waals surface area contributed by atoms with Gasteiger partial charge >= 0.3 is 6.18 Å². The van der Waals surface area contributed by atoms with Crippen molar-refractivity contribution in [2.24, 2.45) is 0 Å². The maximum Gasteiger partial charge on any atom is 0.419 e. The number of hydrogen-bond acceptors (Lipinski definition) is 2. The Labute approximate surface area is 156 Å². The molecule has 0 spiro atoms. The van der Waals surface area contributed by atoms with E-state index in [-0.39, 0.29) is 10.5 Å². The Bertz CT molecular complexity index is 967. The molecule has 8 heteroatoms. The van der Waals surface area contributed by atoms with Crippen LogP contribution in [0, 0.1) is 40.4 Å². The van der Waals surface area contributed by atoms with Crippen molar-refractivity contribution >= 4 is 10.0 Å². The Balaban J connectivity index is 2.43. The first kappa shape index (κ1) is 21.4. The molecule has 0 saturated heterocycles. The number of rotatable bonds is 4. The summed E-state index contributed by atoms with van der Waals surface area (Å²) in [6, 6.07) is 2.79. The first-order valence-electron chi connectivity index (χ1n) is 8.20. The standard InChI is InChI=1S/C19H21F4NO2S/c1-10-11(2)13(4)18(14(5)12(10)3)27(25,26)24-9-15-7-6-8-16(17(15)20)19(21,22)23/h6-8,24H,9H2,1-5H3. The minimum Gasteiger partial charge on any atom is -0.207 e. The van der Waals surface area contributed by atoms with Crippen LogP contribution >= 0.6 is 0 Å². The van der Waals surface area contributed by atoms with Crippen LogP contribution < -0.4 is 4.72 Å². The average Bonchev–Trinajstić information content (AvgIpc) is 2.56. The lowest BCUT2D eigenvalue weighted by molar-refractivity contribution is -0.140. The summed E-state index contributed by atoms with van der Waals surface area (Å²) in [6.07, 6.45) is -4.85. The lowest BCUT2D eigenvalue weighted by Gasteiger charge is -2.19. The van der Waals surface area contributed by atoms with E-state index in [1.807, 2.05) is 20.8 Å². The topological polar surface area (TPSA) is 46.2 Å². The van der Waals surface area contributed by atoms with Gasteiger partial charge in [0.2, 0.25) is 10.0 Å². The molecule has 0 radical (unpaired) electrons. The van der Waals surface area contributed by atoms with Gasteiger partial charge in [-0.05, 0) is 68.5 Å². The second kappa shape index (κ2) is 7.24. The van der Waals surface area contributed by atoms with Gasteiger partial charge in [-0.1, -0.05) is 12.1 Å². The van der Waals surface area contributed by atoms with E-state index < -0.39 is 34.1 Å². The quantitative estimate of drug-likeness (QED) is 0.741. The molecule has 27 heavy (non-hydrogen) atoms. The Hall–Kier alpha value is -1.93. The van der Waals surface area contributed by atoms with Crippen molar-refractivity contribution < 1.29 is 26.0 Å². The number of benzene rings is 2. The molecule has 0 aliphatic rings. The van der Waals surface area contributed by atoms with E-state index in [1.54, 1.807) is 13.8 Å². The van der Waals surface area contributed by atoms with Crippen molar-refractivity contribution in [1.82, 2.24) is 4.72 Å². The summed E-state index contributed by atoms with van der Waals surface area (Å²) in [7, 11) is -4.04. The van der Waals surface area contributed by atoms with E-state index in [9.17, 15) is 26.0 Å². The van der Waals surface area contributed by atoms with Crippen molar-refractivity contribution in [2.45, 2.75) is 52.2 Å². The molecule has 0 aliphatic carbocycles. The summed E-state index contributed by atoms with van der Waals surface area (Å²) in [5.74, 6) is -1.47. The van der Waals surface area contributed by atoms with Crippen LogP contribution in [0.25, 0.3) is 0 Å². The van der Waals surface area contributed by atoms with Crippen LogP contribution in [-0.4, -0.2) is 8.42 Å². The summed E-state index contributed by atoms with van der Waals surface area (Å²) in [5, 5.41) is 0. The molecule has 0 heterocycles. The highest BCUT2D eigenvalue weighted by Crippen LogP contribution is 2.33. The molecule has 3 nitrogen and oxygen atoms in total. The van der Waals surface area contributed by atoms with E-state index in [1.165, 1.54) is 0 Å². The molecule has 0 aromatic heterocycles. The Morgan fingerprint density at radius 2 is 1.37 bits per heavy atom. The fourth-order valence-corrected chi connectivity index (χ4v) is 4.65. The number of alkyl halides is 3. The molecular weight excluding hydrogens is 382 g/mol. The van der Waals surface area contributed by atoms with Crippen LogP contribution in [0.2, 0.25) is 0 Å². The minimum absolute atomic E-state index is 0.0792. The summed E-state index contributed by atoms with van der Waals surface area (Å²) >= 11 is 0. The SMILES string of the molecule is Cc1c(C)c(C)c(S(=O)(=O)NCc2cccc(C(F)(F)F)c2F)c(C)c1C. The van der Waals surface area contributed by atoms with Crippen molar-refractivity contribution in [3.8, 4) is 0 Å².